The number of aryl methyl sites for hydroxylation is 1. The van der Waals surface area contributed by atoms with Crippen molar-refractivity contribution in [1.29, 1.82) is 0 Å². The van der Waals surface area contributed by atoms with Gasteiger partial charge in [-0.3, -0.25) is 0 Å². The van der Waals surface area contributed by atoms with Gasteiger partial charge in [-0.15, -0.1) is 11.3 Å². The second-order valence-electron chi connectivity index (χ2n) is 3.99. The zero-order chi connectivity index (χ0) is 13.3. The van der Waals surface area contributed by atoms with E-state index >= 15 is 0 Å². The minimum absolute atomic E-state index is 0.163. The molecule has 2 rings (SSSR count). The average Bonchev–Trinajstić information content (AvgIpc) is 2.65. The third-order valence-electron chi connectivity index (χ3n) is 2.79. The maximum Gasteiger partial charge on any atom is 0.0888 e. The highest BCUT2D eigenvalue weighted by atomic mass is 79.9. The summed E-state index contributed by atoms with van der Waals surface area (Å²) in [5.74, 6) is 0. The number of rotatable bonds is 3. The summed E-state index contributed by atoms with van der Waals surface area (Å²) < 4.78 is 2.07. The van der Waals surface area contributed by atoms with E-state index in [1.54, 1.807) is 11.3 Å². The fraction of sp³-hybridized carbons (Fsp3) is 0.231. The summed E-state index contributed by atoms with van der Waals surface area (Å²) in [4.78, 5) is 1.20. The van der Waals surface area contributed by atoms with Gasteiger partial charge in [-0.1, -0.05) is 33.6 Å². The Morgan fingerprint density at radius 1 is 1.28 bits per heavy atom. The lowest BCUT2D eigenvalue weighted by atomic mass is 10.0. The second kappa shape index (κ2) is 6.06. The summed E-state index contributed by atoms with van der Waals surface area (Å²) in [6.07, 6.45) is 0. The van der Waals surface area contributed by atoms with Crippen molar-refractivity contribution in [3.63, 3.8) is 0 Å². The largest absolute Gasteiger partial charge is 0.309 e. The van der Waals surface area contributed by atoms with E-state index in [4.69, 9.17) is 11.6 Å². The zero-order valence-corrected chi connectivity index (χ0v) is 14.7. The van der Waals surface area contributed by atoms with E-state index in [1.165, 1.54) is 16.0 Å². The molecule has 0 aliphatic heterocycles. The fourth-order valence-electron chi connectivity index (χ4n) is 1.88. The molecule has 96 valence electrons. The molecular formula is C13H12Br2ClNS. The standard InChI is InChI=1S/C13H12Br2ClNS/c1-7-3-4-8(14)5-9(7)12(17-2)11-6-10(16)13(15)18-11/h3-6,12,17H,1-2H3. The van der Waals surface area contributed by atoms with Crippen LogP contribution >= 0.6 is 54.8 Å². The minimum atomic E-state index is 0.163. The number of nitrogens with one attached hydrogen (secondary N) is 1. The van der Waals surface area contributed by atoms with Gasteiger partial charge >= 0.3 is 0 Å². The Hall–Kier alpha value is 0.130. The Kier molecular flexibility index (Phi) is 4.89. The highest BCUT2D eigenvalue weighted by Crippen LogP contribution is 2.38. The van der Waals surface area contributed by atoms with E-state index in [-0.39, 0.29) is 6.04 Å². The smallest absolute Gasteiger partial charge is 0.0888 e. The number of benzene rings is 1. The van der Waals surface area contributed by atoms with E-state index in [0.717, 1.165) is 13.3 Å². The molecule has 0 fully saturated rings. The predicted octanol–water partition coefficient (Wildman–Crippen LogP) is 5.54. The monoisotopic (exact) mass is 407 g/mol. The molecule has 0 saturated carbocycles. The van der Waals surface area contributed by atoms with E-state index < -0.39 is 0 Å². The van der Waals surface area contributed by atoms with E-state index in [9.17, 15) is 0 Å². The first kappa shape index (κ1) is 14.5. The van der Waals surface area contributed by atoms with Crippen LogP contribution < -0.4 is 5.32 Å². The molecule has 0 spiro atoms. The lowest BCUT2D eigenvalue weighted by molar-refractivity contribution is 0.699. The molecule has 1 aromatic heterocycles. The Morgan fingerprint density at radius 3 is 2.56 bits per heavy atom. The normalized spacial score (nSPS) is 12.7. The van der Waals surface area contributed by atoms with Crippen LogP contribution in [0.3, 0.4) is 0 Å². The van der Waals surface area contributed by atoms with Crippen LogP contribution in [0.15, 0.2) is 32.5 Å². The third kappa shape index (κ3) is 2.99. The number of thiophene rings is 1. The van der Waals surface area contributed by atoms with Crippen molar-refractivity contribution in [1.82, 2.24) is 5.32 Å². The molecule has 0 aliphatic rings. The Bertz CT molecular complexity index is 549. The summed E-state index contributed by atoms with van der Waals surface area (Å²) in [7, 11) is 1.96. The number of halogens is 3. The molecule has 1 heterocycles. The Balaban J connectivity index is 2.48. The van der Waals surface area contributed by atoms with Gasteiger partial charge < -0.3 is 5.32 Å². The molecule has 18 heavy (non-hydrogen) atoms. The molecule has 1 aromatic carbocycles. The van der Waals surface area contributed by atoms with Gasteiger partial charge in [-0.2, -0.15) is 0 Å². The maximum atomic E-state index is 6.12. The lowest BCUT2D eigenvalue weighted by Crippen LogP contribution is -2.17. The van der Waals surface area contributed by atoms with Crippen LogP contribution in [0.25, 0.3) is 0 Å². The van der Waals surface area contributed by atoms with Gasteiger partial charge in [0.25, 0.3) is 0 Å². The zero-order valence-electron chi connectivity index (χ0n) is 9.93. The SMILES string of the molecule is CNC(c1cc(Cl)c(Br)s1)c1cc(Br)ccc1C. The van der Waals surface area contributed by atoms with Crippen LogP contribution in [0.1, 0.15) is 22.0 Å². The average molecular weight is 410 g/mol. The molecule has 0 aliphatic carbocycles. The summed E-state index contributed by atoms with van der Waals surface area (Å²) in [6, 6.07) is 8.50. The van der Waals surface area contributed by atoms with Crippen molar-refractivity contribution in [2.45, 2.75) is 13.0 Å². The third-order valence-corrected chi connectivity index (χ3v) is 5.82. The highest BCUT2D eigenvalue weighted by molar-refractivity contribution is 9.11. The van der Waals surface area contributed by atoms with Crippen molar-refractivity contribution in [2.24, 2.45) is 0 Å². The van der Waals surface area contributed by atoms with Crippen molar-refractivity contribution in [2.75, 3.05) is 7.05 Å². The lowest BCUT2D eigenvalue weighted by Gasteiger charge is -2.17. The quantitative estimate of drug-likeness (QED) is 0.701. The van der Waals surface area contributed by atoms with Crippen LogP contribution in [0.4, 0.5) is 0 Å². The molecule has 2 aromatic rings. The molecule has 0 bridgehead atoms. The van der Waals surface area contributed by atoms with Crippen LogP contribution in [0.2, 0.25) is 5.02 Å². The predicted molar refractivity (Wildman–Crippen MR) is 86.8 cm³/mol. The number of hydrogen-bond acceptors (Lipinski definition) is 2. The first-order valence-electron chi connectivity index (χ1n) is 5.41. The topological polar surface area (TPSA) is 12.0 Å². The summed E-state index contributed by atoms with van der Waals surface area (Å²) in [5, 5.41) is 4.12. The molecule has 1 nitrogen and oxygen atoms in total. The van der Waals surface area contributed by atoms with Crippen LogP contribution in [0.5, 0.6) is 0 Å². The van der Waals surface area contributed by atoms with Gasteiger partial charge in [0.15, 0.2) is 0 Å². The minimum Gasteiger partial charge on any atom is -0.309 e. The fourth-order valence-corrected chi connectivity index (χ4v) is 4.13. The maximum absolute atomic E-state index is 6.12. The van der Waals surface area contributed by atoms with Gasteiger partial charge in [-0.05, 0) is 59.2 Å². The molecule has 1 unspecified atom stereocenters. The van der Waals surface area contributed by atoms with Gasteiger partial charge in [0.1, 0.15) is 0 Å². The summed E-state index contributed by atoms with van der Waals surface area (Å²) >= 11 is 14.8. The first-order chi connectivity index (χ1) is 8.52. The van der Waals surface area contributed by atoms with Gasteiger partial charge in [0, 0.05) is 9.35 Å². The van der Waals surface area contributed by atoms with Gasteiger partial charge in [0.05, 0.1) is 14.9 Å². The molecule has 1 atom stereocenters. The van der Waals surface area contributed by atoms with Crippen molar-refractivity contribution in [3.05, 3.63) is 53.6 Å². The van der Waals surface area contributed by atoms with Crippen molar-refractivity contribution < 1.29 is 0 Å². The van der Waals surface area contributed by atoms with E-state index in [2.05, 4.69) is 62.3 Å². The Morgan fingerprint density at radius 2 is 2.00 bits per heavy atom. The second-order valence-corrected chi connectivity index (χ2v) is 7.72. The van der Waals surface area contributed by atoms with E-state index in [0.29, 0.717) is 0 Å². The number of hydrogen-bond donors (Lipinski definition) is 1. The highest BCUT2D eigenvalue weighted by Gasteiger charge is 2.18. The molecular weight excluding hydrogens is 397 g/mol. The molecule has 0 amide bonds. The van der Waals surface area contributed by atoms with Gasteiger partial charge in [0.2, 0.25) is 0 Å². The Labute approximate surface area is 133 Å². The van der Waals surface area contributed by atoms with Crippen LogP contribution in [-0.4, -0.2) is 7.05 Å². The first-order valence-corrected chi connectivity index (χ1v) is 8.19. The van der Waals surface area contributed by atoms with Crippen molar-refractivity contribution >= 4 is 54.8 Å². The molecule has 0 saturated heterocycles. The summed E-state index contributed by atoms with van der Waals surface area (Å²) in [6.45, 7) is 2.12. The molecule has 1 N–H and O–H groups in total. The van der Waals surface area contributed by atoms with Gasteiger partial charge in [-0.25, -0.2) is 0 Å². The van der Waals surface area contributed by atoms with Crippen molar-refractivity contribution in [3.8, 4) is 0 Å². The van der Waals surface area contributed by atoms with Crippen LogP contribution in [0, 0.1) is 6.92 Å². The molecule has 5 heteroatoms. The van der Waals surface area contributed by atoms with E-state index in [1.807, 2.05) is 13.1 Å². The summed E-state index contributed by atoms with van der Waals surface area (Å²) in [5.41, 5.74) is 2.52. The van der Waals surface area contributed by atoms with Crippen LogP contribution in [-0.2, 0) is 0 Å². The molecule has 0 radical (unpaired) electrons.